The molecule has 0 atom stereocenters. The molecule has 4 nitrogen and oxygen atoms in total. The van der Waals surface area contributed by atoms with Gasteiger partial charge in [-0.2, -0.15) is 0 Å². The first kappa shape index (κ1) is 14.6. The summed E-state index contributed by atoms with van der Waals surface area (Å²) in [5.41, 5.74) is 0. The van der Waals surface area contributed by atoms with Gasteiger partial charge in [-0.3, -0.25) is 0 Å². The topological polar surface area (TPSA) is 32.8 Å². The van der Waals surface area contributed by atoms with E-state index in [0.717, 1.165) is 25.9 Å². The maximum atomic E-state index is 12.8. The summed E-state index contributed by atoms with van der Waals surface area (Å²) < 4.78 is 18.4. The van der Waals surface area contributed by atoms with Crippen LogP contribution < -0.4 is 4.74 Å². The second-order valence-corrected chi connectivity index (χ2v) is 5.37. The van der Waals surface area contributed by atoms with Crippen LogP contribution in [0.4, 0.5) is 9.18 Å². The Morgan fingerprint density at radius 3 is 2.45 bits per heavy atom. The number of hydrogen-bond donors (Lipinski definition) is 0. The summed E-state index contributed by atoms with van der Waals surface area (Å²) in [6.45, 7) is 2.17. The molecule has 5 heteroatoms. The number of rotatable bonds is 3. The molecule has 0 aromatic heterocycles. The lowest BCUT2D eigenvalue weighted by Gasteiger charge is -2.33. The molecule has 110 valence electrons. The lowest BCUT2D eigenvalue weighted by molar-refractivity contribution is 0.129. The molecule has 2 amide bonds. The number of urea groups is 1. The number of likely N-dealkylation sites (tertiary alicyclic amines) is 1. The number of carbonyl (C=O) groups excluding carboxylic acids is 1. The predicted molar refractivity (Wildman–Crippen MR) is 75.3 cm³/mol. The second kappa shape index (κ2) is 6.59. The Hall–Kier alpha value is -1.78. The van der Waals surface area contributed by atoms with Crippen molar-refractivity contribution < 1.29 is 13.9 Å². The van der Waals surface area contributed by atoms with Crippen molar-refractivity contribution in [2.75, 3.05) is 33.8 Å². The Labute approximate surface area is 119 Å². The molecule has 2 rings (SSSR count). The van der Waals surface area contributed by atoms with Crippen LogP contribution in [0.5, 0.6) is 5.75 Å². The van der Waals surface area contributed by atoms with Crippen molar-refractivity contribution in [3.8, 4) is 5.75 Å². The first-order valence-corrected chi connectivity index (χ1v) is 6.91. The Morgan fingerprint density at radius 2 is 1.90 bits per heavy atom. The highest BCUT2D eigenvalue weighted by Crippen LogP contribution is 2.20. The van der Waals surface area contributed by atoms with Crippen molar-refractivity contribution in [3.05, 3.63) is 30.1 Å². The van der Waals surface area contributed by atoms with Gasteiger partial charge in [0.1, 0.15) is 11.6 Å². The summed E-state index contributed by atoms with van der Waals surface area (Å²) >= 11 is 0. The van der Waals surface area contributed by atoms with E-state index in [1.807, 2.05) is 4.90 Å². The minimum absolute atomic E-state index is 0.0721. The van der Waals surface area contributed by atoms with Crippen LogP contribution in [-0.4, -0.2) is 49.6 Å². The first-order chi connectivity index (χ1) is 9.56. The van der Waals surface area contributed by atoms with Gasteiger partial charge in [0.15, 0.2) is 0 Å². The minimum atomic E-state index is -0.257. The zero-order chi connectivity index (χ0) is 14.5. The van der Waals surface area contributed by atoms with E-state index in [1.54, 1.807) is 31.1 Å². The number of benzene rings is 1. The molecule has 1 aromatic carbocycles. The fourth-order valence-corrected chi connectivity index (χ4v) is 2.32. The Morgan fingerprint density at radius 1 is 1.30 bits per heavy atom. The number of piperidine rings is 1. The van der Waals surface area contributed by atoms with Gasteiger partial charge in [-0.25, -0.2) is 9.18 Å². The molecule has 1 aliphatic rings. The highest BCUT2D eigenvalue weighted by atomic mass is 19.1. The first-order valence-electron chi connectivity index (χ1n) is 6.91. The molecule has 1 aliphatic heterocycles. The van der Waals surface area contributed by atoms with E-state index >= 15 is 0 Å². The van der Waals surface area contributed by atoms with Crippen molar-refractivity contribution in [2.24, 2.45) is 5.92 Å². The number of nitrogens with zero attached hydrogens (tertiary/aromatic N) is 2. The Kier molecular flexibility index (Phi) is 4.82. The molecule has 0 radical (unpaired) electrons. The van der Waals surface area contributed by atoms with Gasteiger partial charge in [0.05, 0.1) is 6.61 Å². The molecule has 0 aliphatic carbocycles. The van der Waals surface area contributed by atoms with Gasteiger partial charge in [0, 0.05) is 27.2 Å². The molecule has 20 heavy (non-hydrogen) atoms. The molecule has 0 bridgehead atoms. The average Bonchev–Trinajstić information content (AvgIpc) is 2.46. The standard InChI is InChI=1S/C15H21FN2O2/c1-17(2)15(19)18-9-7-12(8-10-18)11-20-14-5-3-13(16)4-6-14/h3-6,12H,7-11H2,1-2H3. The van der Waals surface area contributed by atoms with Crippen molar-refractivity contribution >= 4 is 6.03 Å². The molecule has 0 unspecified atom stereocenters. The normalized spacial score (nSPS) is 16.1. The number of amides is 2. The van der Waals surface area contributed by atoms with Gasteiger partial charge >= 0.3 is 6.03 Å². The summed E-state index contributed by atoms with van der Waals surface area (Å²) in [4.78, 5) is 15.3. The fraction of sp³-hybridized carbons (Fsp3) is 0.533. The van der Waals surface area contributed by atoms with Gasteiger partial charge < -0.3 is 14.5 Å². The Balaban J connectivity index is 1.74. The molecule has 0 saturated carbocycles. The van der Waals surface area contributed by atoms with Crippen LogP contribution in [0, 0.1) is 11.7 Å². The zero-order valence-corrected chi connectivity index (χ0v) is 12.0. The van der Waals surface area contributed by atoms with Crippen molar-refractivity contribution in [2.45, 2.75) is 12.8 Å². The molecule has 1 aromatic rings. The SMILES string of the molecule is CN(C)C(=O)N1CCC(COc2ccc(F)cc2)CC1. The number of carbonyl (C=O) groups is 1. The van der Waals surface area contributed by atoms with E-state index in [-0.39, 0.29) is 11.8 Å². The Bertz CT molecular complexity index is 440. The van der Waals surface area contributed by atoms with Crippen LogP contribution >= 0.6 is 0 Å². The van der Waals surface area contributed by atoms with E-state index in [4.69, 9.17) is 4.74 Å². The van der Waals surface area contributed by atoms with E-state index in [1.165, 1.54) is 12.1 Å². The second-order valence-electron chi connectivity index (χ2n) is 5.37. The molecular formula is C15H21FN2O2. The number of halogens is 1. The van der Waals surface area contributed by atoms with Crippen LogP contribution in [0.1, 0.15) is 12.8 Å². The maximum Gasteiger partial charge on any atom is 0.319 e. The largest absolute Gasteiger partial charge is 0.493 e. The summed E-state index contributed by atoms with van der Waals surface area (Å²) in [5.74, 6) is 0.886. The third-order valence-electron chi connectivity index (χ3n) is 3.57. The number of hydrogen-bond acceptors (Lipinski definition) is 2. The maximum absolute atomic E-state index is 12.8. The zero-order valence-electron chi connectivity index (χ0n) is 12.0. The summed E-state index contributed by atoms with van der Waals surface area (Å²) in [6, 6.07) is 6.14. The fourth-order valence-electron chi connectivity index (χ4n) is 2.32. The molecule has 1 heterocycles. The van der Waals surface area contributed by atoms with E-state index in [9.17, 15) is 9.18 Å². The van der Waals surface area contributed by atoms with Crippen LogP contribution in [0.3, 0.4) is 0 Å². The van der Waals surface area contributed by atoms with Gasteiger partial charge in [-0.1, -0.05) is 0 Å². The summed E-state index contributed by atoms with van der Waals surface area (Å²) in [7, 11) is 3.54. The summed E-state index contributed by atoms with van der Waals surface area (Å²) in [5, 5.41) is 0. The smallest absolute Gasteiger partial charge is 0.319 e. The van der Waals surface area contributed by atoms with Gasteiger partial charge in [-0.05, 0) is 43.0 Å². The van der Waals surface area contributed by atoms with Crippen LogP contribution in [0.25, 0.3) is 0 Å². The lowest BCUT2D eigenvalue weighted by atomic mass is 9.98. The third-order valence-corrected chi connectivity index (χ3v) is 3.57. The third kappa shape index (κ3) is 3.85. The highest BCUT2D eigenvalue weighted by molar-refractivity contribution is 5.73. The minimum Gasteiger partial charge on any atom is -0.493 e. The predicted octanol–water partition coefficient (Wildman–Crippen LogP) is 2.60. The van der Waals surface area contributed by atoms with Crippen LogP contribution in [0.2, 0.25) is 0 Å². The number of ether oxygens (including phenoxy) is 1. The highest BCUT2D eigenvalue weighted by Gasteiger charge is 2.23. The molecule has 0 N–H and O–H groups in total. The molecular weight excluding hydrogens is 259 g/mol. The van der Waals surface area contributed by atoms with Crippen molar-refractivity contribution in [1.82, 2.24) is 9.80 Å². The monoisotopic (exact) mass is 280 g/mol. The van der Waals surface area contributed by atoms with Gasteiger partial charge in [0.2, 0.25) is 0 Å². The van der Waals surface area contributed by atoms with Crippen LogP contribution in [0.15, 0.2) is 24.3 Å². The van der Waals surface area contributed by atoms with Gasteiger partial charge in [0.25, 0.3) is 0 Å². The van der Waals surface area contributed by atoms with E-state index in [2.05, 4.69) is 0 Å². The van der Waals surface area contributed by atoms with Crippen molar-refractivity contribution in [3.63, 3.8) is 0 Å². The van der Waals surface area contributed by atoms with E-state index in [0.29, 0.717) is 18.3 Å². The van der Waals surface area contributed by atoms with Crippen LogP contribution in [-0.2, 0) is 0 Å². The lowest BCUT2D eigenvalue weighted by Crippen LogP contribution is -2.44. The van der Waals surface area contributed by atoms with E-state index < -0.39 is 0 Å². The van der Waals surface area contributed by atoms with Crippen molar-refractivity contribution in [1.29, 1.82) is 0 Å². The molecule has 0 spiro atoms. The molecule has 1 fully saturated rings. The summed E-state index contributed by atoms with van der Waals surface area (Å²) in [6.07, 6.45) is 1.89. The average molecular weight is 280 g/mol. The quantitative estimate of drug-likeness (QED) is 0.852. The molecule has 1 saturated heterocycles. The van der Waals surface area contributed by atoms with Gasteiger partial charge in [-0.15, -0.1) is 0 Å².